The minimum absolute atomic E-state index is 0.252. The van der Waals surface area contributed by atoms with E-state index in [2.05, 4.69) is 21.7 Å². The van der Waals surface area contributed by atoms with Crippen LogP contribution in [0.3, 0.4) is 0 Å². The number of anilines is 1. The highest BCUT2D eigenvalue weighted by Crippen LogP contribution is 2.28. The van der Waals surface area contributed by atoms with E-state index in [1.54, 1.807) is 12.4 Å². The van der Waals surface area contributed by atoms with Gasteiger partial charge in [0.25, 0.3) is 0 Å². The van der Waals surface area contributed by atoms with Crippen molar-refractivity contribution in [2.24, 2.45) is 0 Å². The summed E-state index contributed by atoms with van der Waals surface area (Å²) in [5.41, 5.74) is 3.97. The predicted molar refractivity (Wildman–Crippen MR) is 84.6 cm³/mol. The van der Waals surface area contributed by atoms with E-state index in [0.29, 0.717) is 13.0 Å². The lowest BCUT2D eigenvalue weighted by atomic mass is 9.88. The number of benzene rings is 1. The maximum absolute atomic E-state index is 12.0. The molecule has 0 bridgehead atoms. The lowest BCUT2D eigenvalue weighted by Crippen LogP contribution is -2.29. The molecule has 1 atom stereocenters. The second-order valence-electron chi connectivity index (χ2n) is 5.51. The number of aryl methyl sites for hydroxylation is 1. The Morgan fingerprint density at radius 3 is 3.05 bits per heavy atom. The zero-order chi connectivity index (χ0) is 15.4. The number of aliphatic hydroxyl groups excluding tert-OH is 1. The first-order valence-electron chi connectivity index (χ1n) is 7.45. The number of carbonyl (C=O) groups is 1. The molecule has 0 saturated heterocycles. The van der Waals surface area contributed by atoms with Gasteiger partial charge in [-0.2, -0.15) is 0 Å². The van der Waals surface area contributed by atoms with Gasteiger partial charge in [0.05, 0.1) is 6.10 Å². The monoisotopic (exact) mass is 297 g/mol. The molecule has 0 fully saturated rings. The Labute approximate surface area is 129 Å². The van der Waals surface area contributed by atoms with E-state index < -0.39 is 0 Å². The van der Waals surface area contributed by atoms with Gasteiger partial charge in [0.2, 0.25) is 0 Å². The lowest BCUT2D eigenvalue weighted by Gasteiger charge is -2.23. The van der Waals surface area contributed by atoms with Crippen LogP contribution in [0.15, 0.2) is 42.7 Å². The third-order valence-corrected chi connectivity index (χ3v) is 3.88. The molecule has 114 valence electrons. The van der Waals surface area contributed by atoms with Crippen LogP contribution in [-0.2, 0) is 19.4 Å². The normalized spacial score (nSPS) is 16.7. The Morgan fingerprint density at radius 2 is 2.23 bits per heavy atom. The standard InChI is InChI=1S/C17H19N3O2/c21-14-7-6-13-4-1-5-16(15(13)9-14)20-17(22)19-11-12-3-2-8-18-10-12/h1-5,8,10,14,21H,6-7,9,11H2,(H2,19,20,22). The lowest BCUT2D eigenvalue weighted by molar-refractivity contribution is 0.159. The van der Waals surface area contributed by atoms with Crippen molar-refractivity contribution >= 4 is 11.7 Å². The third kappa shape index (κ3) is 3.43. The van der Waals surface area contributed by atoms with Crippen molar-refractivity contribution in [2.75, 3.05) is 5.32 Å². The molecule has 1 heterocycles. The summed E-state index contributed by atoms with van der Waals surface area (Å²) >= 11 is 0. The Hall–Kier alpha value is -2.40. The minimum Gasteiger partial charge on any atom is -0.393 e. The summed E-state index contributed by atoms with van der Waals surface area (Å²) in [7, 11) is 0. The molecular weight excluding hydrogens is 278 g/mol. The SMILES string of the molecule is O=C(NCc1cccnc1)Nc1cccc2c1CC(O)CC2. The van der Waals surface area contributed by atoms with Crippen molar-refractivity contribution in [1.29, 1.82) is 0 Å². The van der Waals surface area contributed by atoms with Gasteiger partial charge in [-0.1, -0.05) is 18.2 Å². The third-order valence-electron chi connectivity index (χ3n) is 3.88. The van der Waals surface area contributed by atoms with E-state index in [0.717, 1.165) is 29.7 Å². The molecule has 3 N–H and O–H groups in total. The summed E-state index contributed by atoms with van der Waals surface area (Å²) in [6.45, 7) is 0.428. The first-order valence-corrected chi connectivity index (χ1v) is 7.45. The van der Waals surface area contributed by atoms with E-state index >= 15 is 0 Å². The van der Waals surface area contributed by atoms with Crippen LogP contribution in [0.1, 0.15) is 23.1 Å². The van der Waals surface area contributed by atoms with Crippen molar-refractivity contribution in [2.45, 2.75) is 31.9 Å². The fourth-order valence-corrected chi connectivity index (χ4v) is 2.74. The Balaban J connectivity index is 1.64. The highest BCUT2D eigenvalue weighted by molar-refractivity contribution is 5.90. The van der Waals surface area contributed by atoms with Gasteiger partial charge in [0.15, 0.2) is 0 Å². The Bertz CT molecular complexity index is 658. The van der Waals surface area contributed by atoms with Crippen molar-refractivity contribution in [1.82, 2.24) is 10.3 Å². The number of hydrogen-bond donors (Lipinski definition) is 3. The number of nitrogens with zero attached hydrogens (tertiary/aromatic N) is 1. The number of urea groups is 1. The summed E-state index contributed by atoms with van der Waals surface area (Å²) in [4.78, 5) is 16.1. The predicted octanol–water partition coefficient (Wildman–Crippen LogP) is 2.25. The number of rotatable bonds is 3. The first-order chi connectivity index (χ1) is 10.7. The average Bonchev–Trinajstić information content (AvgIpc) is 2.54. The molecule has 22 heavy (non-hydrogen) atoms. The van der Waals surface area contributed by atoms with Crippen LogP contribution < -0.4 is 10.6 Å². The van der Waals surface area contributed by atoms with Crippen LogP contribution in [0.25, 0.3) is 0 Å². The van der Waals surface area contributed by atoms with Gasteiger partial charge in [-0.3, -0.25) is 4.98 Å². The van der Waals surface area contributed by atoms with Crippen LogP contribution in [0.5, 0.6) is 0 Å². The maximum Gasteiger partial charge on any atom is 0.319 e. The molecule has 0 radical (unpaired) electrons. The average molecular weight is 297 g/mol. The van der Waals surface area contributed by atoms with Crippen molar-refractivity contribution in [3.05, 3.63) is 59.4 Å². The zero-order valence-electron chi connectivity index (χ0n) is 12.2. The van der Waals surface area contributed by atoms with Crippen molar-refractivity contribution < 1.29 is 9.90 Å². The molecule has 2 amide bonds. The number of carbonyl (C=O) groups excluding carboxylic acids is 1. The van der Waals surface area contributed by atoms with E-state index in [1.807, 2.05) is 24.3 Å². The zero-order valence-corrected chi connectivity index (χ0v) is 12.2. The Kier molecular flexibility index (Phi) is 4.34. The molecule has 5 nitrogen and oxygen atoms in total. The quantitative estimate of drug-likeness (QED) is 0.813. The van der Waals surface area contributed by atoms with E-state index in [9.17, 15) is 9.90 Å². The van der Waals surface area contributed by atoms with E-state index in [-0.39, 0.29) is 12.1 Å². The molecular formula is C17H19N3O2. The van der Waals surface area contributed by atoms with Gasteiger partial charge < -0.3 is 15.7 Å². The molecule has 1 unspecified atom stereocenters. The number of pyridine rings is 1. The number of amides is 2. The highest BCUT2D eigenvalue weighted by atomic mass is 16.3. The summed E-state index contributed by atoms with van der Waals surface area (Å²) in [6, 6.07) is 9.36. The van der Waals surface area contributed by atoms with Gasteiger partial charge in [0.1, 0.15) is 0 Å². The molecule has 2 aromatic rings. The second kappa shape index (κ2) is 6.58. The Morgan fingerprint density at radius 1 is 1.32 bits per heavy atom. The van der Waals surface area contributed by atoms with Gasteiger partial charge >= 0.3 is 6.03 Å². The topological polar surface area (TPSA) is 74.2 Å². The number of hydrogen-bond acceptors (Lipinski definition) is 3. The molecule has 5 heteroatoms. The van der Waals surface area contributed by atoms with E-state index in [4.69, 9.17) is 0 Å². The second-order valence-corrected chi connectivity index (χ2v) is 5.51. The maximum atomic E-state index is 12.0. The van der Waals surface area contributed by atoms with Crippen molar-refractivity contribution in [3.8, 4) is 0 Å². The van der Waals surface area contributed by atoms with Gasteiger partial charge in [0, 0.05) is 31.0 Å². The summed E-state index contributed by atoms with van der Waals surface area (Å²) in [5.74, 6) is 0. The summed E-state index contributed by atoms with van der Waals surface area (Å²) in [5, 5.41) is 15.5. The van der Waals surface area contributed by atoms with Crippen LogP contribution in [0.4, 0.5) is 10.5 Å². The molecule has 0 saturated carbocycles. The van der Waals surface area contributed by atoms with Crippen LogP contribution in [-0.4, -0.2) is 22.2 Å². The molecule has 1 aliphatic carbocycles. The number of aromatic nitrogens is 1. The fraction of sp³-hybridized carbons (Fsp3) is 0.294. The highest BCUT2D eigenvalue weighted by Gasteiger charge is 2.19. The number of aliphatic hydroxyl groups is 1. The molecule has 1 aliphatic rings. The van der Waals surface area contributed by atoms with Crippen LogP contribution in [0.2, 0.25) is 0 Å². The molecule has 1 aromatic carbocycles. The fourth-order valence-electron chi connectivity index (χ4n) is 2.74. The smallest absolute Gasteiger partial charge is 0.319 e. The summed E-state index contributed by atoms with van der Waals surface area (Å²) < 4.78 is 0. The molecule has 3 rings (SSSR count). The number of nitrogens with one attached hydrogen (secondary N) is 2. The van der Waals surface area contributed by atoms with Crippen LogP contribution in [0, 0.1) is 0 Å². The molecule has 1 aromatic heterocycles. The van der Waals surface area contributed by atoms with E-state index in [1.165, 1.54) is 5.56 Å². The first kappa shape index (κ1) is 14.5. The van der Waals surface area contributed by atoms with Crippen LogP contribution >= 0.6 is 0 Å². The minimum atomic E-state index is -0.325. The molecule has 0 spiro atoms. The number of fused-ring (bicyclic) bond motifs is 1. The van der Waals surface area contributed by atoms with Gasteiger partial charge in [-0.05, 0) is 41.7 Å². The van der Waals surface area contributed by atoms with Crippen molar-refractivity contribution in [3.63, 3.8) is 0 Å². The van der Waals surface area contributed by atoms with Gasteiger partial charge in [-0.15, -0.1) is 0 Å². The molecule has 0 aliphatic heterocycles. The summed E-state index contributed by atoms with van der Waals surface area (Å²) in [6.07, 6.45) is 5.32. The van der Waals surface area contributed by atoms with Gasteiger partial charge in [-0.25, -0.2) is 4.79 Å². The largest absolute Gasteiger partial charge is 0.393 e.